The molecule has 0 aromatic carbocycles. The predicted octanol–water partition coefficient (Wildman–Crippen LogP) is 0.0603. The molecule has 17 heavy (non-hydrogen) atoms. The molecule has 0 atom stereocenters. The standard InChI is InChI=1S/C10H20BN3O3/c1-10(2,3)17-9(16)13-5-7-14(6-4-12)8(11)15/h4-7,12H2,1-3H3,(H,13,16). The van der Waals surface area contributed by atoms with E-state index in [1.807, 2.05) is 0 Å². The minimum Gasteiger partial charge on any atom is -0.444 e. The number of amides is 2. The van der Waals surface area contributed by atoms with Crippen LogP contribution in [0.2, 0.25) is 0 Å². The van der Waals surface area contributed by atoms with Crippen molar-refractivity contribution in [3.8, 4) is 0 Å². The molecular formula is C10H20BN3O3. The first-order valence-corrected chi connectivity index (χ1v) is 5.47. The van der Waals surface area contributed by atoms with Crippen molar-refractivity contribution in [1.29, 1.82) is 0 Å². The summed E-state index contributed by atoms with van der Waals surface area (Å²) >= 11 is 0. The molecule has 2 radical (unpaired) electrons. The molecule has 0 saturated carbocycles. The Morgan fingerprint density at radius 2 is 1.94 bits per heavy atom. The van der Waals surface area contributed by atoms with Crippen molar-refractivity contribution in [2.45, 2.75) is 26.4 Å². The van der Waals surface area contributed by atoms with Crippen LogP contribution in [-0.4, -0.2) is 56.4 Å². The lowest BCUT2D eigenvalue weighted by atomic mass is 10.1. The van der Waals surface area contributed by atoms with Crippen molar-refractivity contribution in [2.24, 2.45) is 5.73 Å². The van der Waals surface area contributed by atoms with E-state index in [1.165, 1.54) is 4.90 Å². The molecule has 0 bridgehead atoms. The molecule has 0 heterocycles. The molecule has 2 amide bonds. The van der Waals surface area contributed by atoms with E-state index in [2.05, 4.69) is 5.32 Å². The van der Waals surface area contributed by atoms with Crippen molar-refractivity contribution < 1.29 is 14.3 Å². The molecule has 0 fully saturated rings. The van der Waals surface area contributed by atoms with Crippen molar-refractivity contribution in [3.63, 3.8) is 0 Å². The van der Waals surface area contributed by atoms with Gasteiger partial charge in [0.05, 0.1) is 0 Å². The van der Waals surface area contributed by atoms with Gasteiger partial charge in [-0.05, 0) is 20.8 Å². The summed E-state index contributed by atoms with van der Waals surface area (Å²) in [5.41, 5.74) is 4.78. The fraction of sp³-hybridized carbons (Fsp3) is 0.800. The topological polar surface area (TPSA) is 84.7 Å². The fourth-order valence-corrected chi connectivity index (χ4v) is 1.10. The van der Waals surface area contributed by atoms with Crippen LogP contribution in [0, 0.1) is 0 Å². The number of alkyl carbamates (subject to hydrolysis) is 1. The second-order valence-electron chi connectivity index (χ2n) is 4.54. The Balaban J connectivity index is 3.88. The van der Waals surface area contributed by atoms with Crippen molar-refractivity contribution in [1.82, 2.24) is 10.2 Å². The second kappa shape index (κ2) is 7.16. The number of nitrogens with two attached hydrogens (primary N) is 1. The van der Waals surface area contributed by atoms with E-state index in [0.717, 1.165) is 0 Å². The summed E-state index contributed by atoms with van der Waals surface area (Å²) in [4.78, 5) is 23.6. The highest BCUT2D eigenvalue weighted by molar-refractivity contribution is 6.56. The van der Waals surface area contributed by atoms with Crippen LogP contribution < -0.4 is 11.1 Å². The summed E-state index contributed by atoms with van der Waals surface area (Å²) in [5, 5.41) is 2.53. The number of nitrogens with one attached hydrogen (secondary N) is 1. The first-order chi connectivity index (χ1) is 7.76. The molecule has 6 nitrogen and oxygen atoms in total. The van der Waals surface area contributed by atoms with Crippen LogP contribution in [-0.2, 0) is 4.74 Å². The molecule has 0 rings (SSSR count). The van der Waals surface area contributed by atoms with Gasteiger partial charge in [0, 0.05) is 26.2 Å². The number of rotatable bonds is 5. The third-order valence-electron chi connectivity index (χ3n) is 1.76. The third-order valence-corrected chi connectivity index (χ3v) is 1.76. The molecule has 0 aromatic heterocycles. The van der Waals surface area contributed by atoms with Crippen LogP contribution >= 0.6 is 0 Å². The largest absolute Gasteiger partial charge is 0.444 e. The Labute approximate surface area is 103 Å². The van der Waals surface area contributed by atoms with Gasteiger partial charge in [-0.25, -0.2) is 4.79 Å². The lowest BCUT2D eigenvalue weighted by Crippen LogP contribution is -2.41. The average molecular weight is 241 g/mol. The van der Waals surface area contributed by atoms with Crippen molar-refractivity contribution >= 4 is 19.7 Å². The number of hydrogen-bond donors (Lipinski definition) is 2. The van der Waals surface area contributed by atoms with E-state index in [4.69, 9.17) is 18.3 Å². The Morgan fingerprint density at radius 1 is 1.35 bits per heavy atom. The maximum atomic E-state index is 11.3. The van der Waals surface area contributed by atoms with Crippen LogP contribution in [0.25, 0.3) is 0 Å². The van der Waals surface area contributed by atoms with Gasteiger partial charge in [0.1, 0.15) is 5.60 Å². The molecule has 0 unspecified atom stereocenters. The fourth-order valence-electron chi connectivity index (χ4n) is 1.10. The normalized spacial score (nSPS) is 10.8. The SMILES string of the molecule is [B]C(=O)N(CCN)CCNC(=O)OC(C)(C)C. The zero-order valence-electron chi connectivity index (χ0n) is 10.7. The van der Waals surface area contributed by atoms with Gasteiger partial charge in [-0.1, -0.05) is 0 Å². The first kappa shape index (κ1) is 15.8. The maximum absolute atomic E-state index is 11.3. The number of carbonyl (C=O) groups is 2. The summed E-state index contributed by atoms with van der Waals surface area (Å²) < 4.78 is 5.03. The van der Waals surface area contributed by atoms with Gasteiger partial charge < -0.3 is 20.7 Å². The highest BCUT2D eigenvalue weighted by Crippen LogP contribution is 2.06. The van der Waals surface area contributed by atoms with E-state index in [-0.39, 0.29) is 6.54 Å². The summed E-state index contributed by atoms with van der Waals surface area (Å²) in [6, 6.07) is 0. The van der Waals surface area contributed by atoms with Crippen LogP contribution in [0.5, 0.6) is 0 Å². The van der Waals surface area contributed by atoms with Crippen LogP contribution in [0.15, 0.2) is 0 Å². The minimum atomic E-state index is -0.554. The lowest BCUT2D eigenvalue weighted by Gasteiger charge is -2.22. The van der Waals surface area contributed by atoms with Gasteiger partial charge in [0.2, 0.25) is 7.85 Å². The molecule has 0 aliphatic carbocycles. The van der Waals surface area contributed by atoms with E-state index in [9.17, 15) is 9.59 Å². The molecule has 0 spiro atoms. The molecular weight excluding hydrogens is 221 g/mol. The zero-order valence-corrected chi connectivity index (χ0v) is 10.7. The van der Waals surface area contributed by atoms with Crippen LogP contribution in [0.3, 0.4) is 0 Å². The number of hydrogen-bond acceptors (Lipinski definition) is 4. The Morgan fingerprint density at radius 3 is 2.35 bits per heavy atom. The van der Waals surface area contributed by atoms with Gasteiger partial charge in [0.15, 0.2) is 5.81 Å². The van der Waals surface area contributed by atoms with Crippen LogP contribution in [0.4, 0.5) is 9.59 Å². The Hall–Kier alpha value is -1.24. The Bertz CT molecular complexity index is 266. The zero-order chi connectivity index (χ0) is 13.5. The number of carbonyl (C=O) groups excluding carboxylic acids is 2. The quantitative estimate of drug-likeness (QED) is 0.666. The average Bonchev–Trinajstić information content (AvgIpc) is 2.13. The highest BCUT2D eigenvalue weighted by Gasteiger charge is 2.16. The highest BCUT2D eigenvalue weighted by atomic mass is 16.6. The summed E-state index contributed by atoms with van der Waals surface area (Å²) in [5.74, 6) is -0.554. The minimum absolute atomic E-state index is 0.276. The maximum Gasteiger partial charge on any atom is 0.407 e. The summed E-state index contributed by atoms with van der Waals surface area (Å²) in [6.07, 6.45) is -0.519. The molecule has 0 aliphatic rings. The van der Waals surface area contributed by atoms with Crippen molar-refractivity contribution in [2.75, 3.05) is 26.2 Å². The molecule has 96 valence electrons. The van der Waals surface area contributed by atoms with Gasteiger partial charge in [0.25, 0.3) is 0 Å². The third kappa shape index (κ3) is 8.56. The summed E-state index contributed by atoms with van der Waals surface area (Å²) in [7, 11) is 5.13. The van der Waals surface area contributed by atoms with Gasteiger partial charge in [-0.15, -0.1) is 0 Å². The van der Waals surface area contributed by atoms with E-state index >= 15 is 0 Å². The monoisotopic (exact) mass is 241 g/mol. The van der Waals surface area contributed by atoms with E-state index in [1.54, 1.807) is 20.8 Å². The number of nitrogens with zero attached hydrogens (tertiary/aromatic N) is 1. The lowest BCUT2D eigenvalue weighted by molar-refractivity contribution is 0.0524. The van der Waals surface area contributed by atoms with Crippen molar-refractivity contribution in [3.05, 3.63) is 0 Å². The number of ether oxygens (including phenoxy) is 1. The molecule has 0 saturated heterocycles. The first-order valence-electron chi connectivity index (χ1n) is 5.47. The molecule has 7 heteroatoms. The second-order valence-corrected chi connectivity index (χ2v) is 4.54. The molecule has 0 aliphatic heterocycles. The predicted molar refractivity (Wildman–Crippen MR) is 66.0 cm³/mol. The van der Waals surface area contributed by atoms with Gasteiger partial charge >= 0.3 is 6.09 Å². The van der Waals surface area contributed by atoms with Gasteiger partial charge in [-0.3, -0.25) is 4.79 Å². The molecule has 3 N–H and O–H groups in total. The Kier molecular flexibility index (Phi) is 6.64. The summed E-state index contributed by atoms with van der Waals surface area (Å²) in [6.45, 7) is 6.61. The van der Waals surface area contributed by atoms with Crippen LogP contribution in [0.1, 0.15) is 20.8 Å². The molecule has 0 aromatic rings. The van der Waals surface area contributed by atoms with Gasteiger partial charge in [-0.2, -0.15) is 0 Å². The van der Waals surface area contributed by atoms with E-state index in [0.29, 0.717) is 19.6 Å². The van der Waals surface area contributed by atoms with E-state index < -0.39 is 17.5 Å². The smallest absolute Gasteiger partial charge is 0.407 e.